The number of phenolic OH excluding ortho intramolecular Hbond substituents is 1. The van der Waals surface area contributed by atoms with Crippen molar-refractivity contribution >= 4 is 22.6 Å². The lowest BCUT2D eigenvalue weighted by Crippen LogP contribution is -1.85. The van der Waals surface area contributed by atoms with E-state index in [9.17, 15) is 0 Å². The first kappa shape index (κ1) is 10.8. The maximum Gasteiger partial charge on any atom is 0.115 e. The van der Waals surface area contributed by atoms with Gasteiger partial charge in [0.25, 0.3) is 0 Å². The normalized spacial score (nSPS) is 10.2. The van der Waals surface area contributed by atoms with E-state index in [1.165, 1.54) is 29.3 Å². The molecule has 0 aliphatic rings. The van der Waals surface area contributed by atoms with E-state index in [1.54, 1.807) is 12.1 Å². The molecule has 72 valence electrons. The van der Waals surface area contributed by atoms with Gasteiger partial charge in [-0.1, -0.05) is 41.1 Å². The first-order valence-corrected chi connectivity index (χ1v) is 6.19. The molecule has 0 unspecified atom stereocenters. The highest BCUT2D eigenvalue weighted by atomic mass is 127. The molecule has 1 nitrogen and oxygen atoms in total. The van der Waals surface area contributed by atoms with Crippen molar-refractivity contribution in [3.63, 3.8) is 0 Å². The molecule has 0 saturated heterocycles. The van der Waals surface area contributed by atoms with Crippen molar-refractivity contribution in [2.75, 3.05) is 4.43 Å². The van der Waals surface area contributed by atoms with E-state index < -0.39 is 0 Å². The summed E-state index contributed by atoms with van der Waals surface area (Å²) in [6.07, 6.45) is 5.02. The molecule has 2 heteroatoms. The molecule has 0 aromatic heterocycles. The number of hydrogen-bond acceptors (Lipinski definition) is 1. The van der Waals surface area contributed by atoms with Gasteiger partial charge in [-0.3, -0.25) is 0 Å². The smallest absolute Gasteiger partial charge is 0.115 e. The number of halogens is 1. The van der Waals surface area contributed by atoms with Gasteiger partial charge in [-0.25, -0.2) is 0 Å². The molecular weight excluding hydrogens is 275 g/mol. The van der Waals surface area contributed by atoms with E-state index in [4.69, 9.17) is 5.11 Å². The number of rotatable bonds is 5. The van der Waals surface area contributed by atoms with Crippen LogP contribution in [0.4, 0.5) is 0 Å². The Hall–Kier alpha value is -0.250. The Morgan fingerprint density at radius 1 is 1.00 bits per heavy atom. The molecule has 13 heavy (non-hydrogen) atoms. The fourth-order valence-electron chi connectivity index (χ4n) is 1.26. The van der Waals surface area contributed by atoms with E-state index in [2.05, 4.69) is 22.6 Å². The number of benzene rings is 1. The van der Waals surface area contributed by atoms with Crippen molar-refractivity contribution in [2.24, 2.45) is 0 Å². The van der Waals surface area contributed by atoms with Crippen molar-refractivity contribution in [3.8, 4) is 5.75 Å². The van der Waals surface area contributed by atoms with E-state index >= 15 is 0 Å². The summed E-state index contributed by atoms with van der Waals surface area (Å²) in [4.78, 5) is 0. The summed E-state index contributed by atoms with van der Waals surface area (Å²) >= 11 is 2.41. The van der Waals surface area contributed by atoms with Gasteiger partial charge in [0, 0.05) is 0 Å². The van der Waals surface area contributed by atoms with Gasteiger partial charge in [0.1, 0.15) is 5.75 Å². The zero-order valence-electron chi connectivity index (χ0n) is 7.67. The maximum atomic E-state index is 9.07. The molecule has 0 aliphatic carbocycles. The van der Waals surface area contributed by atoms with Crippen LogP contribution >= 0.6 is 22.6 Å². The number of phenols is 1. The predicted octanol–water partition coefficient (Wildman–Crippen LogP) is 3.54. The number of aryl methyl sites for hydroxylation is 1. The van der Waals surface area contributed by atoms with Crippen molar-refractivity contribution in [3.05, 3.63) is 29.8 Å². The lowest BCUT2D eigenvalue weighted by atomic mass is 10.1. The minimum absolute atomic E-state index is 0.357. The van der Waals surface area contributed by atoms with Crippen LogP contribution in [0.2, 0.25) is 0 Å². The second-order valence-corrected chi connectivity index (χ2v) is 4.24. The SMILES string of the molecule is Oc1ccc(CCCCCI)cc1. The average Bonchev–Trinajstić information content (AvgIpc) is 2.15. The molecular formula is C11H15IO. The number of alkyl halides is 1. The highest BCUT2D eigenvalue weighted by Crippen LogP contribution is 2.12. The van der Waals surface area contributed by atoms with Crippen LogP contribution in [0, 0.1) is 0 Å². The van der Waals surface area contributed by atoms with Gasteiger partial charge in [-0.15, -0.1) is 0 Å². The number of hydrogen-bond donors (Lipinski definition) is 1. The van der Waals surface area contributed by atoms with Crippen LogP contribution < -0.4 is 0 Å². The van der Waals surface area contributed by atoms with Gasteiger partial charge in [-0.2, -0.15) is 0 Å². The lowest BCUT2D eigenvalue weighted by molar-refractivity contribution is 0.475. The standard InChI is InChI=1S/C11H15IO/c12-9-3-1-2-4-10-5-7-11(13)8-6-10/h5-8,13H,1-4,9H2. The molecule has 0 heterocycles. The molecule has 1 N–H and O–H groups in total. The Morgan fingerprint density at radius 3 is 2.31 bits per heavy atom. The maximum absolute atomic E-state index is 9.07. The topological polar surface area (TPSA) is 20.2 Å². The highest BCUT2D eigenvalue weighted by Gasteiger charge is 1.93. The summed E-state index contributed by atoms with van der Waals surface area (Å²) in [7, 11) is 0. The fraction of sp³-hybridized carbons (Fsp3) is 0.455. The zero-order valence-corrected chi connectivity index (χ0v) is 9.83. The summed E-state index contributed by atoms with van der Waals surface area (Å²) in [5.74, 6) is 0.357. The summed E-state index contributed by atoms with van der Waals surface area (Å²) in [5.41, 5.74) is 1.33. The molecule has 0 bridgehead atoms. The average molecular weight is 290 g/mol. The van der Waals surface area contributed by atoms with Crippen LogP contribution in [0.25, 0.3) is 0 Å². The van der Waals surface area contributed by atoms with Crippen LogP contribution in [0.5, 0.6) is 5.75 Å². The van der Waals surface area contributed by atoms with Crippen molar-refractivity contribution < 1.29 is 5.11 Å². The molecule has 0 fully saturated rings. The predicted molar refractivity (Wildman–Crippen MR) is 64.5 cm³/mol. The van der Waals surface area contributed by atoms with Gasteiger partial charge < -0.3 is 5.11 Å². The van der Waals surface area contributed by atoms with Gasteiger partial charge in [0.15, 0.2) is 0 Å². The molecule has 1 aromatic carbocycles. The Morgan fingerprint density at radius 2 is 1.69 bits per heavy atom. The monoisotopic (exact) mass is 290 g/mol. The van der Waals surface area contributed by atoms with Gasteiger partial charge in [0.2, 0.25) is 0 Å². The molecule has 1 rings (SSSR count). The molecule has 1 aromatic rings. The van der Waals surface area contributed by atoms with Crippen molar-refractivity contribution in [1.82, 2.24) is 0 Å². The number of unbranched alkanes of at least 4 members (excludes halogenated alkanes) is 2. The Labute approximate surface area is 93.3 Å². The quantitative estimate of drug-likeness (QED) is 0.499. The molecule has 0 atom stereocenters. The minimum Gasteiger partial charge on any atom is -0.508 e. The summed E-state index contributed by atoms with van der Waals surface area (Å²) in [6, 6.07) is 7.51. The van der Waals surface area contributed by atoms with Crippen molar-refractivity contribution in [2.45, 2.75) is 25.7 Å². The van der Waals surface area contributed by atoms with Gasteiger partial charge in [-0.05, 0) is 41.4 Å². The second kappa shape index (κ2) is 6.24. The minimum atomic E-state index is 0.357. The van der Waals surface area contributed by atoms with E-state index in [0.717, 1.165) is 6.42 Å². The van der Waals surface area contributed by atoms with Crippen molar-refractivity contribution in [1.29, 1.82) is 0 Å². The van der Waals surface area contributed by atoms with Crippen LogP contribution in [0.1, 0.15) is 24.8 Å². The lowest BCUT2D eigenvalue weighted by Gasteiger charge is -2.00. The van der Waals surface area contributed by atoms with E-state index in [-0.39, 0.29) is 0 Å². The molecule has 0 saturated carbocycles. The Kier molecular flexibility index (Phi) is 5.20. The van der Waals surface area contributed by atoms with Crippen LogP contribution in [0.3, 0.4) is 0 Å². The van der Waals surface area contributed by atoms with E-state index in [1.807, 2.05) is 12.1 Å². The first-order valence-electron chi connectivity index (χ1n) is 4.67. The third-order valence-corrected chi connectivity index (χ3v) is 2.80. The molecule has 0 spiro atoms. The van der Waals surface area contributed by atoms with Crippen LogP contribution in [-0.2, 0) is 6.42 Å². The largest absolute Gasteiger partial charge is 0.508 e. The third kappa shape index (κ3) is 4.50. The molecule has 0 aliphatic heterocycles. The summed E-state index contributed by atoms with van der Waals surface area (Å²) in [6.45, 7) is 0. The molecule has 0 radical (unpaired) electrons. The highest BCUT2D eigenvalue weighted by molar-refractivity contribution is 14.1. The fourth-order valence-corrected chi connectivity index (χ4v) is 1.80. The summed E-state index contributed by atoms with van der Waals surface area (Å²) in [5, 5.41) is 9.07. The first-order chi connectivity index (χ1) is 6.33. The Bertz CT molecular complexity index is 230. The van der Waals surface area contributed by atoms with Crippen LogP contribution in [0.15, 0.2) is 24.3 Å². The van der Waals surface area contributed by atoms with Crippen LogP contribution in [-0.4, -0.2) is 9.53 Å². The second-order valence-electron chi connectivity index (χ2n) is 3.17. The molecule has 0 amide bonds. The summed E-state index contributed by atoms with van der Waals surface area (Å²) < 4.78 is 1.26. The third-order valence-electron chi connectivity index (χ3n) is 2.04. The zero-order chi connectivity index (χ0) is 9.52. The Balaban J connectivity index is 2.25. The number of aromatic hydroxyl groups is 1. The van der Waals surface area contributed by atoms with E-state index in [0.29, 0.717) is 5.75 Å². The van der Waals surface area contributed by atoms with Gasteiger partial charge in [0.05, 0.1) is 0 Å². The van der Waals surface area contributed by atoms with Gasteiger partial charge >= 0.3 is 0 Å².